The summed E-state index contributed by atoms with van der Waals surface area (Å²) in [6.07, 6.45) is 1.12. The number of nitrogens with one attached hydrogen (secondary N) is 1. The fraction of sp³-hybridized carbons (Fsp3) is 0.700. The lowest BCUT2D eigenvalue weighted by Crippen LogP contribution is -2.51. The van der Waals surface area contributed by atoms with Gasteiger partial charge in [0.05, 0.1) is 6.54 Å². The number of carboxylic acid groups (broad SMARTS) is 1. The average molecular weight is 243 g/mol. The second-order valence-corrected chi connectivity index (χ2v) is 4.02. The number of nitrogens with zero attached hydrogens (tertiary/aromatic N) is 1. The fourth-order valence-electron chi connectivity index (χ4n) is 1.90. The van der Waals surface area contributed by atoms with Crippen molar-refractivity contribution in [1.82, 2.24) is 10.2 Å². The average Bonchev–Trinajstić information content (AvgIpc) is 2.76. The monoisotopic (exact) mass is 243 g/mol. The smallest absolute Gasteiger partial charge is 0.326 e. The van der Waals surface area contributed by atoms with Gasteiger partial charge in [0.2, 0.25) is 11.8 Å². The van der Waals surface area contributed by atoms with Crippen LogP contribution in [0.1, 0.15) is 19.8 Å². The van der Waals surface area contributed by atoms with Crippen LogP contribution >= 0.6 is 0 Å². The minimum absolute atomic E-state index is 0.194. The molecule has 1 saturated heterocycles. The minimum Gasteiger partial charge on any atom is -0.480 e. The van der Waals surface area contributed by atoms with Crippen molar-refractivity contribution in [3.8, 4) is 0 Å². The predicted molar refractivity (Wildman–Crippen MR) is 59.0 cm³/mol. The first kappa shape index (κ1) is 13.4. The van der Waals surface area contributed by atoms with Crippen molar-refractivity contribution in [3.63, 3.8) is 0 Å². The third-order valence-corrected chi connectivity index (χ3v) is 2.75. The van der Waals surface area contributed by atoms with E-state index in [1.54, 1.807) is 0 Å². The molecule has 0 spiro atoms. The molecule has 0 saturated carbocycles. The van der Waals surface area contributed by atoms with Crippen LogP contribution in [0.15, 0.2) is 0 Å². The van der Waals surface area contributed by atoms with E-state index in [4.69, 9.17) is 10.8 Å². The molecule has 7 nitrogen and oxygen atoms in total. The van der Waals surface area contributed by atoms with Gasteiger partial charge >= 0.3 is 5.97 Å². The number of hydrogen-bond acceptors (Lipinski definition) is 4. The fourth-order valence-corrected chi connectivity index (χ4v) is 1.90. The van der Waals surface area contributed by atoms with Crippen molar-refractivity contribution in [1.29, 1.82) is 0 Å². The number of aliphatic carboxylic acids is 1. The van der Waals surface area contributed by atoms with Crippen LogP contribution in [0.25, 0.3) is 0 Å². The lowest BCUT2D eigenvalue weighted by atomic mass is 10.2. The molecule has 2 atom stereocenters. The maximum absolute atomic E-state index is 11.9. The number of nitrogens with two attached hydrogens (primary N) is 1. The van der Waals surface area contributed by atoms with E-state index in [0.29, 0.717) is 19.4 Å². The number of likely N-dealkylation sites (tertiary alicyclic amines) is 1. The van der Waals surface area contributed by atoms with Gasteiger partial charge in [-0.2, -0.15) is 0 Å². The number of amides is 2. The highest BCUT2D eigenvalue weighted by Gasteiger charge is 2.35. The van der Waals surface area contributed by atoms with Crippen molar-refractivity contribution in [2.45, 2.75) is 31.8 Å². The molecule has 17 heavy (non-hydrogen) atoms. The number of carboxylic acids is 1. The van der Waals surface area contributed by atoms with Gasteiger partial charge in [-0.3, -0.25) is 9.59 Å². The van der Waals surface area contributed by atoms with Crippen molar-refractivity contribution in [2.75, 3.05) is 13.1 Å². The highest BCUT2D eigenvalue weighted by molar-refractivity contribution is 5.90. The number of rotatable bonds is 4. The lowest BCUT2D eigenvalue weighted by molar-refractivity contribution is -0.149. The van der Waals surface area contributed by atoms with Gasteiger partial charge in [-0.25, -0.2) is 4.79 Å². The molecule has 1 fully saturated rings. The van der Waals surface area contributed by atoms with Gasteiger partial charge in [0, 0.05) is 6.54 Å². The Morgan fingerprint density at radius 1 is 1.53 bits per heavy atom. The Labute approximate surface area is 98.9 Å². The van der Waals surface area contributed by atoms with Crippen LogP contribution in [0.5, 0.6) is 0 Å². The summed E-state index contributed by atoms with van der Waals surface area (Å²) in [5.41, 5.74) is 5.12. The molecule has 4 N–H and O–H groups in total. The summed E-state index contributed by atoms with van der Waals surface area (Å²) in [7, 11) is 0. The number of carbonyl (C=O) groups is 3. The molecule has 1 aliphatic rings. The standard InChI is InChI=1S/C10H17N3O4/c1-6(12-8(14)5-11)9(15)13-4-2-3-7(13)10(16)17/h6-7H,2-5,11H2,1H3,(H,12,14)(H,16,17)/t6-,7+/m0/s1. The first-order valence-corrected chi connectivity index (χ1v) is 5.50. The van der Waals surface area contributed by atoms with Crippen molar-refractivity contribution < 1.29 is 19.5 Å². The predicted octanol–water partition coefficient (Wildman–Crippen LogP) is -1.47. The normalized spacial score (nSPS) is 21.1. The lowest BCUT2D eigenvalue weighted by Gasteiger charge is -2.25. The Hall–Kier alpha value is -1.63. The Morgan fingerprint density at radius 3 is 2.71 bits per heavy atom. The zero-order chi connectivity index (χ0) is 13.0. The van der Waals surface area contributed by atoms with Crippen LogP contribution < -0.4 is 11.1 Å². The zero-order valence-electron chi connectivity index (χ0n) is 9.68. The van der Waals surface area contributed by atoms with Crippen LogP contribution in [-0.2, 0) is 14.4 Å². The van der Waals surface area contributed by atoms with Crippen molar-refractivity contribution in [2.24, 2.45) is 5.73 Å². The first-order valence-electron chi connectivity index (χ1n) is 5.50. The topological polar surface area (TPSA) is 113 Å². The van der Waals surface area contributed by atoms with Gasteiger partial charge < -0.3 is 21.1 Å². The second-order valence-electron chi connectivity index (χ2n) is 4.02. The van der Waals surface area contributed by atoms with E-state index in [-0.39, 0.29) is 12.5 Å². The number of hydrogen-bond donors (Lipinski definition) is 3. The van der Waals surface area contributed by atoms with Gasteiger partial charge in [0.1, 0.15) is 12.1 Å². The highest BCUT2D eigenvalue weighted by Crippen LogP contribution is 2.18. The quantitative estimate of drug-likeness (QED) is 0.557. The second kappa shape index (κ2) is 5.62. The van der Waals surface area contributed by atoms with Crippen LogP contribution in [0, 0.1) is 0 Å². The molecule has 0 bridgehead atoms. The summed E-state index contributed by atoms with van der Waals surface area (Å²) < 4.78 is 0. The molecule has 0 radical (unpaired) electrons. The summed E-state index contributed by atoms with van der Waals surface area (Å²) >= 11 is 0. The zero-order valence-corrected chi connectivity index (χ0v) is 9.68. The molecule has 0 unspecified atom stereocenters. The third-order valence-electron chi connectivity index (χ3n) is 2.75. The Bertz CT molecular complexity index is 332. The highest BCUT2D eigenvalue weighted by atomic mass is 16.4. The molecule has 0 aromatic rings. The summed E-state index contributed by atoms with van der Waals surface area (Å²) in [5.74, 6) is -1.82. The third kappa shape index (κ3) is 3.16. The summed E-state index contributed by atoms with van der Waals surface area (Å²) in [4.78, 5) is 35.2. The summed E-state index contributed by atoms with van der Waals surface area (Å²) in [6.45, 7) is 1.74. The van der Waals surface area contributed by atoms with Crippen LogP contribution in [-0.4, -0.2) is 53.0 Å². The molecule has 2 amide bonds. The SMILES string of the molecule is C[C@H](NC(=O)CN)C(=O)N1CCC[C@@H]1C(=O)O. The molecule has 96 valence electrons. The molecular weight excluding hydrogens is 226 g/mol. The molecule has 1 rings (SSSR count). The molecular formula is C10H17N3O4. The summed E-state index contributed by atoms with van der Waals surface area (Å²) in [6, 6.07) is -1.52. The van der Waals surface area contributed by atoms with Gasteiger partial charge in [-0.1, -0.05) is 0 Å². The van der Waals surface area contributed by atoms with E-state index in [0.717, 1.165) is 0 Å². The van der Waals surface area contributed by atoms with E-state index < -0.39 is 24.0 Å². The van der Waals surface area contributed by atoms with Gasteiger partial charge in [0.15, 0.2) is 0 Å². The van der Waals surface area contributed by atoms with Crippen molar-refractivity contribution >= 4 is 17.8 Å². The largest absolute Gasteiger partial charge is 0.480 e. The van der Waals surface area contributed by atoms with Crippen LogP contribution in [0.4, 0.5) is 0 Å². The molecule has 0 aromatic heterocycles. The van der Waals surface area contributed by atoms with Gasteiger partial charge in [-0.05, 0) is 19.8 Å². The van der Waals surface area contributed by atoms with E-state index in [1.807, 2.05) is 0 Å². The molecule has 0 aromatic carbocycles. The maximum Gasteiger partial charge on any atom is 0.326 e. The van der Waals surface area contributed by atoms with E-state index in [1.165, 1.54) is 11.8 Å². The Balaban J connectivity index is 2.62. The Morgan fingerprint density at radius 2 is 2.18 bits per heavy atom. The molecule has 1 heterocycles. The Kier molecular flexibility index (Phi) is 4.45. The van der Waals surface area contributed by atoms with Crippen molar-refractivity contribution in [3.05, 3.63) is 0 Å². The summed E-state index contributed by atoms with van der Waals surface area (Å²) in [5, 5.41) is 11.4. The molecule has 1 aliphatic heterocycles. The van der Waals surface area contributed by atoms with E-state index in [9.17, 15) is 14.4 Å². The minimum atomic E-state index is -1.01. The number of carbonyl (C=O) groups excluding carboxylic acids is 2. The van der Waals surface area contributed by atoms with Crippen LogP contribution in [0.3, 0.4) is 0 Å². The van der Waals surface area contributed by atoms with Gasteiger partial charge in [-0.15, -0.1) is 0 Å². The van der Waals surface area contributed by atoms with E-state index >= 15 is 0 Å². The molecule has 0 aliphatic carbocycles. The first-order chi connectivity index (χ1) is 7.97. The van der Waals surface area contributed by atoms with Crippen LogP contribution in [0.2, 0.25) is 0 Å². The molecule has 7 heteroatoms. The van der Waals surface area contributed by atoms with E-state index in [2.05, 4.69) is 5.32 Å². The maximum atomic E-state index is 11.9. The van der Waals surface area contributed by atoms with Gasteiger partial charge in [0.25, 0.3) is 0 Å².